The molecular weight excluding hydrogens is 246 g/mol. The molecule has 0 aromatic carbocycles. The number of nitrogens with zero attached hydrogens (tertiary/aromatic N) is 2. The number of nitrogens with one attached hydrogen (secondary N) is 1. The van der Waals surface area contributed by atoms with Gasteiger partial charge in [0.15, 0.2) is 0 Å². The lowest BCUT2D eigenvalue weighted by Crippen LogP contribution is -2.47. The third-order valence-electron chi connectivity index (χ3n) is 3.73. The van der Waals surface area contributed by atoms with Crippen LogP contribution in [0.15, 0.2) is 12.3 Å². The van der Waals surface area contributed by atoms with E-state index in [0.717, 1.165) is 32.1 Å². The molecule has 1 saturated carbocycles. The number of rotatable bonds is 4. The zero-order chi connectivity index (χ0) is 13.8. The summed E-state index contributed by atoms with van der Waals surface area (Å²) in [7, 11) is 1.66. The Bertz CT molecular complexity index is 463. The highest BCUT2D eigenvalue weighted by Crippen LogP contribution is 2.26. The molecular formula is C13H19N3O3. The normalized spacial score (nSPS) is 17.9. The Morgan fingerprint density at radius 3 is 2.63 bits per heavy atom. The van der Waals surface area contributed by atoms with Crippen molar-refractivity contribution in [3.63, 3.8) is 0 Å². The molecule has 2 N–H and O–H groups in total. The maximum atomic E-state index is 12.0. The molecule has 1 aromatic rings. The van der Waals surface area contributed by atoms with Gasteiger partial charge in [0.25, 0.3) is 5.91 Å². The average Bonchev–Trinajstić information content (AvgIpc) is 2.82. The number of carboxylic acids is 1. The average molecular weight is 265 g/mol. The fraction of sp³-hybridized carbons (Fsp3) is 0.615. The third kappa shape index (κ3) is 3.13. The molecule has 1 aromatic heterocycles. The van der Waals surface area contributed by atoms with E-state index in [1.807, 2.05) is 0 Å². The van der Waals surface area contributed by atoms with E-state index < -0.39 is 12.0 Å². The summed E-state index contributed by atoms with van der Waals surface area (Å²) in [6.45, 7) is 0. The molecule has 0 bridgehead atoms. The van der Waals surface area contributed by atoms with Gasteiger partial charge >= 0.3 is 5.97 Å². The van der Waals surface area contributed by atoms with Gasteiger partial charge in [0.1, 0.15) is 11.7 Å². The molecule has 19 heavy (non-hydrogen) atoms. The van der Waals surface area contributed by atoms with Crippen LogP contribution in [0.25, 0.3) is 0 Å². The zero-order valence-electron chi connectivity index (χ0n) is 11.0. The summed E-state index contributed by atoms with van der Waals surface area (Å²) in [5.74, 6) is -1.30. The van der Waals surface area contributed by atoms with Gasteiger partial charge in [-0.2, -0.15) is 5.10 Å². The standard InChI is InChI=1S/C13H19N3O3/c1-16-10(7-8-14-16)12(17)15-11(13(18)19)9-5-3-2-4-6-9/h7-9,11H,2-6H2,1H3,(H,15,17)(H,18,19). The molecule has 1 unspecified atom stereocenters. The topological polar surface area (TPSA) is 84.2 Å². The summed E-state index contributed by atoms with van der Waals surface area (Å²) in [6, 6.07) is 0.775. The van der Waals surface area contributed by atoms with Crippen LogP contribution >= 0.6 is 0 Å². The Labute approximate surface area is 111 Å². The van der Waals surface area contributed by atoms with Crippen molar-refractivity contribution in [3.8, 4) is 0 Å². The third-order valence-corrected chi connectivity index (χ3v) is 3.73. The Morgan fingerprint density at radius 1 is 1.42 bits per heavy atom. The first-order valence-electron chi connectivity index (χ1n) is 6.61. The van der Waals surface area contributed by atoms with Crippen molar-refractivity contribution >= 4 is 11.9 Å². The van der Waals surface area contributed by atoms with Gasteiger partial charge in [-0.1, -0.05) is 19.3 Å². The van der Waals surface area contributed by atoms with E-state index in [1.54, 1.807) is 13.1 Å². The summed E-state index contributed by atoms with van der Waals surface area (Å²) in [6.07, 6.45) is 6.47. The Morgan fingerprint density at radius 2 is 2.11 bits per heavy atom. The molecule has 0 aliphatic heterocycles. The predicted octanol–water partition coefficient (Wildman–Crippen LogP) is 1.18. The van der Waals surface area contributed by atoms with Gasteiger partial charge in [-0.3, -0.25) is 9.48 Å². The van der Waals surface area contributed by atoms with E-state index in [9.17, 15) is 14.7 Å². The predicted molar refractivity (Wildman–Crippen MR) is 68.7 cm³/mol. The number of hydrogen-bond donors (Lipinski definition) is 2. The van der Waals surface area contributed by atoms with Crippen molar-refractivity contribution in [2.45, 2.75) is 38.1 Å². The number of aryl methyl sites for hydroxylation is 1. The quantitative estimate of drug-likeness (QED) is 0.856. The van der Waals surface area contributed by atoms with Gasteiger partial charge in [-0.25, -0.2) is 4.79 Å². The van der Waals surface area contributed by atoms with Gasteiger partial charge < -0.3 is 10.4 Å². The molecule has 0 spiro atoms. The molecule has 0 saturated heterocycles. The van der Waals surface area contributed by atoms with Crippen LogP contribution in [0, 0.1) is 5.92 Å². The smallest absolute Gasteiger partial charge is 0.326 e. The summed E-state index contributed by atoms with van der Waals surface area (Å²) in [5, 5.41) is 15.8. The van der Waals surface area contributed by atoms with E-state index in [0.29, 0.717) is 5.69 Å². The molecule has 1 aliphatic rings. The molecule has 0 radical (unpaired) electrons. The Kier molecular flexibility index (Phi) is 4.19. The fourth-order valence-corrected chi connectivity index (χ4v) is 2.66. The van der Waals surface area contributed by atoms with Crippen LogP contribution in [0.5, 0.6) is 0 Å². The van der Waals surface area contributed by atoms with Crippen molar-refractivity contribution < 1.29 is 14.7 Å². The van der Waals surface area contributed by atoms with Crippen molar-refractivity contribution in [2.75, 3.05) is 0 Å². The van der Waals surface area contributed by atoms with Gasteiger partial charge in [-0.05, 0) is 24.8 Å². The van der Waals surface area contributed by atoms with Crippen LogP contribution in [0.2, 0.25) is 0 Å². The van der Waals surface area contributed by atoms with Crippen molar-refractivity contribution in [1.29, 1.82) is 0 Å². The SMILES string of the molecule is Cn1nccc1C(=O)NC(C(=O)O)C1CCCCC1. The lowest BCUT2D eigenvalue weighted by atomic mass is 9.84. The number of carboxylic acid groups (broad SMARTS) is 1. The van der Waals surface area contributed by atoms with Crippen LogP contribution in [0.4, 0.5) is 0 Å². The highest BCUT2D eigenvalue weighted by atomic mass is 16.4. The monoisotopic (exact) mass is 265 g/mol. The van der Waals surface area contributed by atoms with E-state index in [2.05, 4.69) is 10.4 Å². The lowest BCUT2D eigenvalue weighted by molar-refractivity contribution is -0.141. The summed E-state index contributed by atoms with van der Waals surface area (Å²) in [5.41, 5.74) is 0.377. The molecule has 6 nitrogen and oxygen atoms in total. The van der Waals surface area contributed by atoms with Crippen LogP contribution in [0.3, 0.4) is 0 Å². The number of aliphatic carboxylic acids is 1. The van der Waals surface area contributed by atoms with E-state index in [-0.39, 0.29) is 11.8 Å². The molecule has 1 atom stereocenters. The number of carbonyl (C=O) groups is 2. The summed E-state index contributed by atoms with van der Waals surface area (Å²) >= 11 is 0. The first-order valence-corrected chi connectivity index (χ1v) is 6.61. The minimum absolute atomic E-state index is 0.0310. The molecule has 2 rings (SSSR count). The van der Waals surface area contributed by atoms with Crippen LogP contribution in [0.1, 0.15) is 42.6 Å². The Hall–Kier alpha value is -1.85. The molecule has 6 heteroatoms. The lowest BCUT2D eigenvalue weighted by Gasteiger charge is -2.27. The van der Waals surface area contributed by atoms with Gasteiger partial charge in [0, 0.05) is 13.2 Å². The highest BCUT2D eigenvalue weighted by molar-refractivity contribution is 5.95. The number of amides is 1. The van der Waals surface area contributed by atoms with Crippen molar-refractivity contribution in [1.82, 2.24) is 15.1 Å². The van der Waals surface area contributed by atoms with Gasteiger partial charge in [0.05, 0.1) is 0 Å². The Balaban J connectivity index is 2.06. The number of hydrogen-bond acceptors (Lipinski definition) is 3. The fourth-order valence-electron chi connectivity index (χ4n) is 2.66. The van der Waals surface area contributed by atoms with Crippen LogP contribution < -0.4 is 5.32 Å². The van der Waals surface area contributed by atoms with E-state index in [4.69, 9.17) is 0 Å². The molecule has 1 heterocycles. The first kappa shape index (κ1) is 13.6. The largest absolute Gasteiger partial charge is 0.480 e. The van der Waals surface area contributed by atoms with E-state index in [1.165, 1.54) is 10.9 Å². The maximum absolute atomic E-state index is 12.0. The summed E-state index contributed by atoms with van der Waals surface area (Å²) in [4.78, 5) is 23.4. The van der Waals surface area contributed by atoms with Gasteiger partial charge in [0.2, 0.25) is 0 Å². The molecule has 104 valence electrons. The second kappa shape index (κ2) is 5.86. The minimum atomic E-state index is -0.956. The molecule has 1 amide bonds. The maximum Gasteiger partial charge on any atom is 0.326 e. The second-order valence-electron chi connectivity index (χ2n) is 5.03. The zero-order valence-corrected chi connectivity index (χ0v) is 11.0. The molecule has 1 fully saturated rings. The molecule has 1 aliphatic carbocycles. The van der Waals surface area contributed by atoms with Gasteiger partial charge in [-0.15, -0.1) is 0 Å². The van der Waals surface area contributed by atoms with E-state index >= 15 is 0 Å². The van der Waals surface area contributed by atoms with Crippen molar-refractivity contribution in [3.05, 3.63) is 18.0 Å². The highest BCUT2D eigenvalue weighted by Gasteiger charge is 2.31. The van der Waals surface area contributed by atoms with Crippen LogP contribution in [-0.4, -0.2) is 32.8 Å². The first-order chi connectivity index (χ1) is 9.09. The van der Waals surface area contributed by atoms with Crippen LogP contribution in [-0.2, 0) is 11.8 Å². The number of aromatic nitrogens is 2. The second-order valence-corrected chi connectivity index (χ2v) is 5.03. The summed E-state index contributed by atoms with van der Waals surface area (Å²) < 4.78 is 1.44. The van der Waals surface area contributed by atoms with Crippen molar-refractivity contribution in [2.24, 2.45) is 13.0 Å². The number of carbonyl (C=O) groups excluding carboxylic acids is 1. The minimum Gasteiger partial charge on any atom is -0.480 e.